The van der Waals surface area contributed by atoms with Gasteiger partial charge in [-0.05, 0) is 44.2 Å². The van der Waals surface area contributed by atoms with E-state index in [-0.39, 0.29) is 12.7 Å². The fourth-order valence-corrected chi connectivity index (χ4v) is 3.13. The number of rotatable bonds is 2. The van der Waals surface area contributed by atoms with Crippen LogP contribution in [-0.4, -0.2) is 32.4 Å². The van der Waals surface area contributed by atoms with Gasteiger partial charge in [0.05, 0.1) is 11.1 Å². The quantitative estimate of drug-likeness (QED) is 0.829. The highest BCUT2D eigenvalue weighted by molar-refractivity contribution is 6.02. The summed E-state index contributed by atoms with van der Waals surface area (Å²) >= 11 is 0. The number of nitrogens with zero attached hydrogens (tertiary/aromatic N) is 1. The van der Waals surface area contributed by atoms with E-state index in [2.05, 4.69) is 10.6 Å². The van der Waals surface area contributed by atoms with Crippen molar-refractivity contribution in [3.63, 3.8) is 0 Å². The SMILES string of the molecule is CN1C(=O)C(C)(C)COc2ccc(NC(=O)Nc3ccc4c(c3)OCO4)cc21. The zero-order valence-corrected chi connectivity index (χ0v) is 15.9. The maximum atomic E-state index is 12.6. The van der Waals surface area contributed by atoms with Gasteiger partial charge in [0.25, 0.3) is 0 Å². The Labute approximate surface area is 162 Å². The average molecular weight is 383 g/mol. The van der Waals surface area contributed by atoms with Crippen LogP contribution in [0.25, 0.3) is 0 Å². The topological polar surface area (TPSA) is 89.1 Å². The van der Waals surface area contributed by atoms with Gasteiger partial charge in [-0.3, -0.25) is 4.79 Å². The third-order valence-electron chi connectivity index (χ3n) is 4.68. The lowest BCUT2D eigenvalue weighted by Gasteiger charge is -2.24. The number of carbonyl (C=O) groups is 2. The Balaban J connectivity index is 1.49. The first kappa shape index (κ1) is 18.0. The number of benzene rings is 2. The highest BCUT2D eigenvalue weighted by Crippen LogP contribution is 2.37. The molecule has 0 spiro atoms. The fourth-order valence-electron chi connectivity index (χ4n) is 3.13. The third kappa shape index (κ3) is 3.28. The summed E-state index contributed by atoms with van der Waals surface area (Å²) in [7, 11) is 1.70. The molecule has 0 radical (unpaired) electrons. The van der Waals surface area contributed by atoms with Crippen LogP contribution in [0.3, 0.4) is 0 Å². The monoisotopic (exact) mass is 383 g/mol. The first-order valence-corrected chi connectivity index (χ1v) is 8.86. The molecule has 2 aliphatic heterocycles. The first-order valence-electron chi connectivity index (χ1n) is 8.86. The molecule has 0 aromatic heterocycles. The molecule has 2 aromatic rings. The van der Waals surface area contributed by atoms with Crippen molar-refractivity contribution in [3.8, 4) is 17.2 Å². The number of ether oxygens (including phenoxy) is 3. The molecule has 28 heavy (non-hydrogen) atoms. The second-order valence-corrected chi connectivity index (χ2v) is 7.37. The lowest BCUT2D eigenvalue weighted by atomic mass is 9.93. The second-order valence-electron chi connectivity index (χ2n) is 7.37. The van der Waals surface area contributed by atoms with Crippen LogP contribution in [0.2, 0.25) is 0 Å². The molecule has 4 rings (SSSR count). The molecule has 3 amide bonds. The molecule has 0 atom stereocenters. The van der Waals surface area contributed by atoms with Gasteiger partial charge in [0.2, 0.25) is 12.7 Å². The zero-order valence-electron chi connectivity index (χ0n) is 15.9. The molecule has 2 heterocycles. The van der Waals surface area contributed by atoms with Crippen molar-refractivity contribution >= 4 is 29.0 Å². The van der Waals surface area contributed by atoms with E-state index in [1.54, 1.807) is 48.3 Å². The Morgan fingerprint density at radius 2 is 1.61 bits per heavy atom. The molecule has 0 fully saturated rings. The van der Waals surface area contributed by atoms with E-state index in [9.17, 15) is 9.59 Å². The molecule has 146 valence electrons. The summed E-state index contributed by atoms with van der Waals surface area (Å²) < 4.78 is 16.3. The van der Waals surface area contributed by atoms with Crippen molar-refractivity contribution < 1.29 is 23.8 Å². The Morgan fingerprint density at radius 1 is 0.964 bits per heavy atom. The van der Waals surface area contributed by atoms with E-state index in [0.717, 1.165) is 0 Å². The van der Waals surface area contributed by atoms with Crippen molar-refractivity contribution in [3.05, 3.63) is 36.4 Å². The molecular weight excluding hydrogens is 362 g/mol. The van der Waals surface area contributed by atoms with Crippen LogP contribution in [0, 0.1) is 5.41 Å². The number of anilines is 3. The highest BCUT2D eigenvalue weighted by Gasteiger charge is 2.36. The maximum Gasteiger partial charge on any atom is 0.323 e. The Morgan fingerprint density at radius 3 is 2.36 bits per heavy atom. The molecule has 2 aliphatic rings. The molecular formula is C20H21N3O5. The number of carbonyl (C=O) groups excluding carboxylic acids is 2. The molecule has 0 aliphatic carbocycles. The zero-order chi connectivity index (χ0) is 19.9. The summed E-state index contributed by atoms with van der Waals surface area (Å²) in [5.74, 6) is 1.78. The molecule has 0 bridgehead atoms. The number of amides is 3. The second kappa shape index (κ2) is 6.63. The van der Waals surface area contributed by atoms with Crippen LogP contribution in [0.4, 0.5) is 21.9 Å². The molecule has 0 unspecified atom stereocenters. The summed E-state index contributed by atoms with van der Waals surface area (Å²) in [4.78, 5) is 26.5. The van der Waals surface area contributed by atoms with E-state index in [1.807, 2.05) is 13.8 Å². The average Bonchev–Trinajstić information content (AvgIpc) is 3.10. The van der Waals surface area contributed by atoms with Crippen LogP contribution < -0.4 is 29.7 Å². The minimum absolute atomic E-state index is 0.0480. The minimum atomic E-state index is -0.627. The largest absolute Gasteiger partial charge is 0.490 e. The standard InChI is InChI=1S/C20H21N3O5/c1-20(2)10-26-15-6-4-12(8-14(15)23(3)18(20)24)21-19(25)22-13-5-7-16-17(9-13)28-11-27-16/h4-9H,10-11H2,1-3H3,(H2,21,22,25). The van der Waals surface area contributed by atoms with E-state index >= 15 is 0 Å². The van der Waals surface area contributed by atoms with Gasteiger partial charge in [-0.2, -0.15) is 0 Å². The lowest BCUT2D eigenvalue weighted by Crippen LogP contribution is -2.39. The summed E-state index contributed by atoms with van der Waals surface area (Å²) in [5, 5.41) is 5.52. The van der Waals surface area contributed by atoms with Gasteiger partial charge in [0, 0.05) is 24.5 Å². The number of fused-ring (bicyclic) bond motifs is 2. The minimum Gasteiger partial charge on any atom is -0.490 e. The van der Waals surface area contributed by atoms with E-state index < -0.39 is 11.4 Å². The van der Waals surface area contributed by atoms with Gasteiger partial charge in [0.15, 0.2) is 11.5 Å². The fraction of sp³-hybridized carbons (Fsp3) is 0.300. The van der Waals surface area contributed by atoms with Crippen molar-refractivity contribution in [2.24, 2.45) is 5.41 Å². The Kier molecular flexibility index (Phi) is 4.26. The summed E-state index contributed by atoms with van der Waals surface area (Å²) in [6, 6.07) is 9.94. The molecule has 0 saturated heterocycles. The highest BCUT2D eigenvalue weighted by atomic mass is 16.7. The number of urea groups is 1. The molecule has 2 N–H and O–H groups in total. The molecule has 8 nitrogen and oxygen atoms in total. The van der Waals surface area contributed by atoms with Gasteiger partial charge in [-0.1, -0.05) is 0 Å². The van der Waals surface area contributed by atoms with E-state index in [0.29, 0.717) is 40.9 Å². The van der Waals surface area contributed by atoms with Crippen molar-refractivity contribution in [2.45, 2.75) is 13.8 Å². The number of hydrogen-bond donors (Lipinski definition) is 2. The van der Waals surface area contributed by atoms with Gasteiger partial charge in [-0.15, -0.1) is 0 Å². The van der Waals surface area contributed by atoms with E-state index in [1.165, 1.54) is 0 Å². The Hall–Kier alpha value is -3.42. The molecule has 0 saturated carbocycles. The van der Waals surface area contributed by atoms with Crippen molar-refractivity contribution in [1.82, 2.24) is 0 Å². The summed E-state index contributed by atoms with van der Waals surface area (Å²) in [5.41, 5.74) is 1.10. The lowest BCUT2D eigenvalue weighted by molar-refractivity contribution is -0.127. The predicted octanol–water partition coefficient (Wildman–Crippen LogP) is 3.44. The van der Waals surface area contributed by atoms with Crippen LogP contribution >= 0.6 is 0 Å². The van der Waals surface area contributed by atoms with Gasteiger partial charge in [-0.25, -0.2) is 4.79 Å². The smallest absolute Gasteiger partial charge is 0.323 e. The van der Waals surface area contributed by atoms with Gasteiger partial charge < -0.3 is 29.7 Å². The summed E-state index contributed by atoms with van der Waals surface area (Å²) in [6.07, 6.45) is 0. The first-order chi connectivity index (χ1) is 13.3. The molecule has 2 aromatic carbocycles. The number of nitrogens with one attached hydrogen (secondary N) is 2. The summed E-state index contributed by atoms with van der Waals surface area (Å²) in [6.45, 7) is 4.15. The predicted molar refractivity (Wildman–Crippen MR) is 104 cm³/mol. The molecule has 8 heteroatoms. The normalized spacial score (nSPS) is 16.7. The maximum absolute atomic E-state index is 12.6. The van der Waals surface area contributed by atoms with E-state index in [4.69, 9.17) is 14.2 Å². The van der Waals surface area contributed by atoms with Crippen LogP contribution in [-0.2, 0) is 4.79 Å². The Bertz CT molecular complexity index is 957. The van der Waals surface area contributed by atoms with Crippen LogP contribution in [0.1, 0.15) is 13.8 Å². The number of hydrogen-bond acceptors (Lipinski definition) is 5. The van der Waals surface area contributed by atoms with Crippen LogP contribution in [0.5, 0.6) is 17.2 Å². The van der Waals surface area contributed by atoms with Crippen molar-refractivity contribution in [1.29, 1.82) is 0 Å². The van der Waals surface area contributed by atoms with Crippen molar-refractivity contribution in [2.75, 3.05) is 36.0 Å². The van der Waals surface area contributed by atoms with Crippen LogP contribution in [0.15, 0.2) is 36.4 Å². The van der Waals surface area contributed by atoms with Gasteiger partial charge >= 0.3 is 6.03 Å². The third-order valence-corrected chi connectivity index (χ3v) is 4.68. The van der Waals surface area contributed by atoms with Gasteiger partial charge in [0.1, 0.15) is 12.4 Å².